The third-order valence-corrected chi connectivity index (χ3v) is 6.87. The Balaban J connectivity index is 1.31. The van der Waals surface area contributed by atoms with Crippen LogP contribution < -0.4 is 10.2 Å². The van der Waals surface area contributed by atoms with Gasteiger partial charge in [0.05, 0.1) is 0 Å². The van der Waals surface area contributed by atoms with Crippen LogP contribution >= 0.6 is 23.4 Å². The number of halogens is 2. The molecule has 3 aromatic rings. The van der Waals surface area contributed by atoms with Crippen molar-refractivity contribution in [3.63, 3.8) is 0 Å². The molecule has 0 spiro atoms. The molecule has 1 amide bonds. The van der Waals surface area contributed by atoms with Gasteiger partial charge in [-0.05, 0) is 41.9 Å². The number of amides is 1. The molecule has 1 N–H and O–H groups in total. The van der Waals surface area contributed by atoms with Crippen LogP contribution in [0.4, 0.5) is 10.2 Å². The Labute approximate surface area is 208 Å². The molecule has 6 nitrogen and oxygen atoms in total. The van der Waals surface area contributed by atoms with Crippen LogP contribution in [0.2, 0.25) is 5.15 Å². The van der Waals surface area contributed by atoms with Crippen LogP contribution in [-0.2, 0) is 12.3 Å². The first-order valence-corrected chi connectivity index (χ1v) is 12.6. The van der Waals surface area contributed by atoms with Gasteiger partial charge in [0, 0.05) is 50.1 Å². The highest BCUT2D eigenvalue weighted by molar-refractivity contribution is 7.98. The highest BCUT2D eigenvalue weighted by atomic mass is 35.5. The molecule has 2 aromatic carbocycles. The predicted octanol–water partition coefficient (Wildman–Crippen LogP) is 4.63. The first-order valence-electron chi connectivity index (χ1n) is 11.3. The summed E-state index contributed by atoms with van der Waals surface area (Å²) in [6.45, 7) is 7.48. The molecule has 1 aliphatic rings. The van der Waals surface area contributed by atoms with Crippen molar-refractivity contribution in [2.75, 3.05) is 37.6 Å². The van der Waals surface area contributed by atoms with Crippen LogP contribution in [0.1, 0.15) is 28.4 Å². The Kier molecular flexibility index (Phi) is 8.37. The zero-order valence-corrected chi connectivity index (χ0v) is 20.6. The van der Waals surface area contributed by atoms with E-state index in [2.05, 4.69) is 27.0 Å². The van der Waals surface area contributed by atoms with Crippen molar-refractivity contribution in [1.29, 1.82) is 0 Å². The van der Waals surface area contributed by atoms with Crippen molar-refractivity contribution in [3.8, 4) is 0 Å². The second-order valence-electron chi connectivity index (χ2n) is 8.05. The van der Waals surface area contributed by atoms with Crippen LogP contribution in [0.15, 0.2) is 59.8 Å². The number of likely N-dealkylation sites (N-methyl/N-ethyl adjacent to an activating group) is 1. The molecule has 1 saturated heterocycles. The Hall–Kier alpha value is -2.68. The molecular weight excluding hydrogens is 473 g/mol. The summed E-state index contributed by atoms with van der Waals surface area (Å²) < 4.78 is 13.0. The summed E-state index contributed by atoms with van der Waals surface area (Å²) in [5.74, 6) is 1.07. The lowest BCUT2D eigenvalue weighted by molar-refractivity contribution is 0.0951. The minimum absolute atomic E-state index is 0.172. The summed E-state index contributed by atoms with van der Waals surface area (Å²) in [6, 6.07) is 15.4. The van der Waals surface area contributed by atoms with Gasteiger partial charge in [-0.3, -0.25) is 4.79 Å². The standard InChI is InChI=1S/C25H27ClFN5OS/c1-2-31-11-13-32(14-12-31)23-15-22(26)29-25(30-23)34-17-19-3-7-20(8-4-19)24(33)28-16-18-5-9-21(27)10-6-18/h3-10,15H,2,11-14,16-17H2,1H3,(H,28,33). The van der Waals surface area contributed by atoms with Crippen molar-refractivity contribution in [1.82, 2.24) is 20.2 Å². The summed E-state index contributed by atoms with van der Waals surface area (Å²) in [6.07, 6.45) is 0. The third-order valence-electron chi connectivity index (χ3n) is 5.75. The van der Waals surface area contributed by atoms with Crippen molar-refractivity contribution in [2.45, 2.75) is 24.4 Å². The van der Waals surface area contributed by atoms with E-state index in [0.717, 1.165) is 49.7 Å². The molecule has 34 heavy (non-hydrogen) atoms. The van der Waals surface area contributed by atoms with Crippen molar-refractivity contribution in [2.24, 2.45) is 0 Å². The molecule has 1 aliphatic heterocycles. The fraction of sp³-hybridized carbons (Fsp3) is 0.320. The molecule has 1 aromatic heterocycles. The second kappa shape index (κ2) is 11.6. The Morgan fingerprint density at radius 1 is 1.03 bits per heavy atom. The lowest BCUT2D eigenvalue weighted by Gasteiger charge is -2.34. The van der Waals surface area contributed by atoms with Gasteiger partial charge >= 0.3 is 0 Å². The smallest absolute Gasteiger partial charge is 0.251 e. The van der Waals surface area contributed by atoms with Crippen LogP contribution in [0.5, 0.6) is 0 Å². The van der Waals surface area contributed by atoms with Gasteiger partial charge in [-0.2, -0.15) is 0 Å². The van der Waals surface area contributed by atoms with E-state index < -0.39 is 0 Å². The first-order chi connectivity index (χ1) is 16.5. The minimum Gasteiger partial charge on any atom is -0.354 e. The van der Waals surface area contributed by atoms with Crippen molar-refractivity contribution >= 4 is 35.1 Å². The molecule has 0 aliphatic carbocycles. The summed E-state index contributed by atoms with van der Waals surface area (Å²) in [5, 5.41) is 3.94. The minimum atomic E-state index is -0.294. The number of hydrogen-bond donors (Lipinski definition) is 1. The number of anilines is 1. The maximum Gasteiger partial charge on any atom is 0.251 e. The summed E-state index contributed by atoms with van der Waals surface area (Å²) in [4.78, 5) is 26.2. The number of nitrogens with one attached hydrogen (secondary N) is 1. The van der Waals surface area contributed by atoms with E-state index in [9.17, 15) is 9.18 Å². The number of carbonyl (C=O) groups excluding carboxylic acids is 1. The van der Waals surface area contributed by atoms with E-state index in [0.29, 0.717) is 28.2 Å². The van der Waals surface area contributed by atoms with Gasteiger partial charge < -0.3 is 15.1 Å². The van der Waals surface area contributed by atoms with E-state index in [1.807, 2.05) is 18.2 Å². The number of piperazine rings is 1. The van der Waals surface area contributed by atoms with Crippen LogP contribution in [-0.4, -0.2) is 53.5 Å². The number of rotatable bonds is 8. The summed E-state index contributed by atoms with van der Waals surface area (Å²) in [5.41, 5.74) is 2.47. The molecule has 0 bridgehead atoms. The topological polar surface area (TPSA) is 61.4 Å². The van der Waals surface area contributed by atoms with Crippen molar-refractivity contribution in [3.05, 3.63) is 82.3 Å². The molecule has 0 saturated carbocycles. The molecule has 2 heterocycles. The number of thioether (sulfide) groups is 1. The van der Waals surface area contributed by atoms with Gasteiger partial charge in [0.2, 0.25) is 0 Å². The monoisotopic (exact) mass is 499 g/mol. The molecule has 4 rings (SSSR count). The second-order valence-corrected chi connectivity index (χ2v) is 9.38. The maximum absolute atomic E-state index is 13.0. The molecular formula is C25H27ClFN5OS. The Morgan fingerprint density at radius 3 is 2.38 bits per heavy atom. The van der Waals surface area contributed by atoms with Crippen molar-refractivity contribution < 1.29 is 9.18 Å². The molecule has 0 radical (unpaired) electrons. The van der Waals surface area contributed by atoms with Gasteiger partial charge in [-0.1, -0.05) is 54.6 Å². The van der Waals surface area contributed by atoms with Crippen LogP contribution in [0.25, 0.3) is 0 Å². The van der Waals surface area contributed by atoms with Gasteiger partial charge in [0.15, 0.2) is 5.16 Å². The third kappa shape index (κ3) is 6.68. The molecule has 1 fully saturated rings. The quantitative estimate of drug-likeness (QED) is 0.277. The Morgan fingerprint density at radius 2 is 1.71 bits per heavy atom. The average Bonchev–Trinajstić information content (AvgIpc) is 2.87. The molecule has 178 valence electrons. The zero-order valence-electron chi connectivity index (χ0n) is 19.0. The predicted molar refractivity (Wildman–Crippen MR) is 135 cm³/mol. The van der Waals surface area contributed by atoms with E-state index in [1.54, 1.807) is 24.3 Å². The van der Waals surface area contributed by atoms with E-state index in [-0.39, 0.29) is 11.7 Å². The summed E-state index contributed by atoms with van der Waals surface area (Å²) in [7, 11) is 0. The van der Waals surface area contributed by atoms with Crippen LogP contribution in [0, 0.1) is 5.82 Å². The van der Waals surface area contributed by atoms with Gasteiger partial charge in [0.25, 0.3) is 5.91 Å². The van der Waals surface area contributed by atoms with E-state index >= 15 is 0 Å². The first kappa shape index (κ1) is 24.4. The number of aromatic nitrogens is 2. The maximum atomic E-state index is 13.0. The van der Waals surface area contributed by atoms with Crippen LogP contribution in [0.3, 0.4) is 0 Å². The SMILES string of the molecule is CCN1CCN(c2cc(Cl)nc(SCc3ccc(C(=O)NCc4ccc(F)cc4)cc3)n2)CC1. The Bertz CT molecular complexity index is 1110. The summed E-state index contributed by atoms with van der Waals surface area (Å²) >= 11 is 7.80. The molecule has 0 unspecified atom stereocenters. The highest BCUT2D eigenvalue weighted by Crippen LogP contribution is 2.25. The van der Waals surface area contributed by atoms with Gasteiger partial charge in [-0.15, -0.1) is 0 Å². The highest BCUT2D eigenvalue weighted by Gasteiger charge is 2.18. The largest absolute Gasteiger partial charge is 0.354 e. The lowest BCUT2D eigenvalue weighted by Crippen LogP contribution is -2.46. The fourth-order valence-electron chi connectivity index (χ4n) is 3.69. The zero-order chi connectivity index (χ0) is 23.9. The fourth-order valence-corrected chi connectivity index (χ4v) is 4.73. The number of carbonyl (C=O) groups is 1. The van der Waals surface area contributed by atoms with E-state index in [4.69, 9.17) is 16.6 Å². The van der Waals surface area contributed by atoms with E-state index in [1.165, 1.54) is 23.9 Å². The number of benzene rings is 2. The van der Waals surface area contributed by atoms with Gasteiger partial charge in [0.1, 0.15) is 16.8 Å². The number of hydrogen-bond acceptors (Lipinski definition) is 6. The molecule has 9 heteroatoms. The lowest BCUT2D eigenvalue weighted by atomic mass is 10.1. The molecule has 0 atom stereocenters. The average molecular weight is 500 g/mol. The number of nitrogens with zero attached hydrogens (tertiary/aromatic N) is 4. The van der Waals surface area contributed by atoms with Gasteiger partial charge in [-0.25, -0.2) is 14.4 Å². The normalized spacial score (nSPS) is 14.3.